The van der Waals surface area contributed by atoms with Gasteiger partial charge in [-0.25, -0.2) is 0 Å². The summed E-state index contributed by atoms with van der Waals surface area (Å²) in [4.78, 5) is 13.8. The van der Waals surface area contributed by atoms with Crippen LogP contribution in [0.5, 0.6) is 0 Å². The van der Waals surface area contributed by atoms with Crippen LogP contribution in [0.4, 0.5) is 5.69 Å². The van der Waals surface area contributed by atoms with Crippen LogP contribution in [0.2, 0.25) is 0 Å². The highest BCUT2D eigenvalue weighted by Crippen LogP contribution is 2.30. The molecule has 2 rings (SSSR count). The Morgan fingerprint density at radius 1 is 1.50 bits per heavy atom. The first kappa shape index (κ1) is 11.5. The van der Waals surface area contributed by atoms with E-state index in [-0.39, 0.29) is 11.4 Å². The maximum Gasteiger partial charge on any atom is 0.261 e. The van der Waals surface area contributed by atoms with E-state index in [4.69, 9.17) is 5.73 Å². The fourth-order valence-electron chi connectivity index (χ4n) is 2.22. The van der Waals surface area contributed by atoms with Crippen LogP contribution >= 0.6 is 11.3 Å². The smallest absolute Gasteiger partial charge is 0.261 e. The summed E-state index contributed by atoms with van der Waals surface area (Å²) < 4.78 is 0. The Kier molecular flexibility index (Phi) is 2.93. The quantitative estimate of drug-likeness (QED) is 0.832. The van der Waals surface area contributed by atoms with Crippen molar-refractivity contribution < 1.29 is 4.79 Å². The molecule has 88 valence electrons. The number of nitrogens with one attached hydrogen (secondary N) is 1. The van der Waals surface area contributed by atoms with Gasteiger partial charge in [0.15, 0.2) is 0 Å². The average molecular weight is 238 g/mol. The summed E-state index contributed by atoms with van der Waals surface area (Å²) in [6, 6.07) is 1.77. The van der Waals surface area contributed by atoms with Gasteiger partial charge in [-0.3, -0.25) is 4.79 Å². The molecule has 1 aliphatic rings. The van der Waals surface area contributed by atoms with E-state index in [1.807, 2.05) is 6.92 Å². The topological polar surface area (TPSA) is 55.1 Å². The summed E-state index contributed by atoms with van der Waals surface area (Å²) in [5, 5.41) is 3.13. The van der Waals surface area contributed by atoms with Crippen LogP contribution in [0.1, 0.15) is 47.2 Å². The van der Waals surface area contributed by atoms with E-state index in [1.54, 1.807) is 6.07 Å². The number of aryl methyl sites for hydroxylation is 1. The molecule has 3 nitrogen and oxygen atoms in total. The van der Waals surface area contributed by atoms with Gasteiger partial charge in [0, 0.05) is 16.1 Å². The molecule has 3 N–H and O–H groups in total. The molecule has 4 heteroatoms. The van der Waals surface area contributed by atoms with E-state index in [0.717, 1.165) is 22.6 Å². The molecule has 0 aliphatic heterocycles. The molecule has 0 atom stereocenters. The first-order chi connectivity index (χ1) is 7.50. The monoisotopic (exact) mass is 238 g/mol. The Bertz CT molecular complexity index is 386. The van der Waals surface area contributed by atoms with Gasteiger partial charge in [0.25, 0.3) is 5.91 Å². The summed E-state index contributed by atoms with van der Waals surface area (Å²) in [7, 11) is 0. The Morgan fingerprint density at radius 2 is 2.12 bits per heavy atom. The SMILES string of the molecule is Cc1sc(C(=O)NC2(C)CCCC2)cc1N. The molecule has 1 aliphatic carbocycles. The fraction of sp³-hybridized carbons (Fsp3) is 0.583. The predicted molar refractivity (Wildman–Crippen MR) is 67.8 cm³/mol. The van der Waals surface area contributed by atoms with Crippen LogP contribution in [0.15, 0.2) is 6.07 Å². The summed E-state index contributed by atoms with van der Waals surface area (Å²) in [5.41, 5.74) is 6.45. The van der Waals surface area contributed by atoms with Gasteiger partial charge in [-0.15, -0.1) is 11.3 Å². The number of hydrogen-bond acceptors (Lipinski definition) is 3. The number of amides is 1. The second-order valence-corrected chi connectivity index (χ2v) is 6.10. The third-order valence-electron chi connectivity index (χ3n) is 3.30. The Morgan fingerprint density at radius 3 is 2.62 bits per heavy atom. The zero-order valence-electron chi connectivity index (χ0n) is 9.80. The Labute approximate surface area is 100 Å². The normalized spacial score (nSPS) is 18.6. The minimum absolute atomic E-state index is 0.0102. The summed E-state index contributed by atoms with van der Waals surface area (Å²) >= 11 is 1.47. The number of thiophene rings is 1. The average Bonchev–Trinajstić information content (AvgIpc) is 2.75. The van der Waals surface area contributed by atoms with Crippen molar-refractivity contribution in [3.8, 4) is 0 Å². The number of nitrogen functional groups attached to an aromatic ring is 1. The molecule has 1 heterocycles. The first-order valence-electron chi connectivity index (χ1n) is 5.69. The molecule has 16 heavy (non-hydrogen) atoms. The predicted octanol–water partition coefficient (Wildman–Crippen LogP) is 2.70. The van der Waals surface area contributed by atoms with Crippen LogP contribution in [0, 0.1) is 6.92 Å². The molecular weight excluding hydrogens is 220 g/mol. The highest BCUT2D eigenvalue weighted by atomic mass is 32.1. The van der Waals surface area contributed by atoms with Gasteiger partial charge >= 0.3 is 0 Å². The molecule has 1 aromatic rings. The molecule has 1 aromatic heterocycles. The summed E-state index contributed by atoms with van der Waals surface area (Å²) in [6.45, 7) is 4.07. The van der Waals surface area contributed by atoms with Crippen molar-refractivity contribution in [1.82, 2.24) is 5.32 Å². The second-order valence-electron chi connectivity index (χ2n) is 4.84. The molecule has 0 unspecified atom stereocenters. The molecule has 1 saturated carbocycles. The molecule has 1 amide bonds. The molecule has 0 aromatic carbocycles. The molecule has 0 spiro atoms. The zero-order chi connectivity index (χ0) is 11.8. The lowest BCUT2D eigenvalue weighted by molar-refractivity contribution is 0.0912. The van der Waals surface area contributed by atoms with Crippen LogP contribution in [0.3, 0.4) is 0 Å². The zero-order valence-corrected chi connectivity index (χ0v) is 10.6. The second kappa shape index (κ2) is 4.09. The van der Waals surface area contributed by atoms with Crippen molar-refractivity contribution in [3.63, 3.8) is 0 Å². The molecular formula is C12H18N2OS. The lowest BCUT2D eigenvalue weighted by atomic mass is 10.0. The molecule has 0 bridgehead atoms. The lowest BCUT2D eigenvalue weighted by Gasteiger charge is -2.24. The van der Waals surface area contributed by atoms with Gasteiger partial charge in [0.1, 0.15) is 0 Å². The van der Waals surface area contributed by atoms with Crippen molar-refractivity contribution in [1.29, 1.82) is 0 Å². The van der Waals surface area contributed by atoms with E-state index in [2.05, 4.69) is 12.2 Å². The standard InChI is InChI=1S/C12H18N2OS/c1-8-9(13)7-10(16-8)11(15)14-12(2)5-3-4-6-12/h7H,3-6,13H2,1-2H3,(H,14,15). The van der Waals surface area contributed by atoms with Gasteiger partial charge < -0.3 is 11.1 Å². The van der Waals surface area contributed by atoms with Crippen LogP contribution in [-0.4, -0.2) is 11.4 Å². The fourth-order valence-corrected chi connectivity index (χ4v) is 3.06. The number of carbonyl (C=O) groups excluding carboxylic acids is 1. The van der Waals surface area contributed by atoms with Gasteiger partial charge in [-0.05, 0) is 32.8 Å². The maximum atomic E-state index is 12.0. The number of nitrogens with two attached hydrogens (primary N) is 1. The van der Waals surface area contributed by atoms with E-state index in [0.29, 0.717) is 5.69 Å². The van der Waals surface area contributed by atoms with E-state index < -0.39 is 0 Å². The van der Waals surface area contributed by atoms with Gasteiger partial charge in [0.05, 0.1) is 4.88 Å². The Hall–Kier alpha value is -1.03. The third-order valence-corrected chi connectivity index (χ3v) is 4.37. The van der Waals surface area contributed by atoms with Crippen LogP contribution < -0.4 is 11.1 Å². The van der Waals surface area contributed by atoms with Crippen LogP contribution in [0.25, 0.3) is 0 Å². The van der Waals surface area contributed by atoms with Crippen molar-refractivity contribution >= 4 is 22.9 Å². The largest absolute Gasteiger partial charge is 0.398 e. The van der Waals surface area contributed by atoms with Gasteiger partial charge in [-0.2, -0.15) is 0 Å². The third kappa shape index (κ3) is 2.21. The van der Waals surface area contributed by atoms with E-state index in [1.165, 1.54) is 24.2 Å². The van der Waals surface area contributed by atoms with Crippen molar-refractivity contribution in [3.05, 3.63) is 15.8 Å². The Balaban J connectivity index is 2.08. The summed E-state index contributed by atoms with van der Waals surface area (Å²) in [6.07, 6.45) is 4.59. The first-order valence-corrected chi connectivity index (χ1v) is 6.50. The minimum Gasteiger partial charge on any atom is -0.398 e. The van der Waals surface area contributed by atoms with E-state index in [9.17, 15) is 4.79 Å². The number of hydrogen-bond donors (Lipinski definition) is 2. The minimum atomic E-state index is -0.0102. The highest BCUT2D eigenvalue weighted by molar-refractivity contribution is 7.14. The van der Waals surface area contributed by atoms with Gasteiger partial charge in [0.2, 0.25) is 0 Å². The number of carbonyl (C=O) groups is 1. The highest BCUT2D eigenvalue weighted by Gasteiger charge is 2.30. The maximum absolute atomic E-state index is 12.0. The number of anilines is 1. The molecule has 1 fully saturated rings. The van der Waals surface area contributed by atoms with Crippen LogP contribution in [-0.2, 0) is 0 Å². The van der Waals surface area contributed by atoms with Crippen molar-refractivity contribution in [2.24, 2.45) is 0 Å². The lowest BCUT2D eigenvalue weighted by Crippen LogP contribution is -2.43. The van der Waals surface area contributed by atoms with Gasteiger partial charge in [-0.1, -0.05) is 12.8 Å². The van der Waals surface area contributed by atoms with E-state index >= 15 is 0 Å². The number of rotatable bonds is 2. The summed E-state index contributed by atoms with van der Waals surface area (Å²) in [5.74, 6) is 0.0224. The van der Waals surface area contributed by atoms with Crippen molar-refractivity contribution in [2.45, 2.75) is 45.1 Å². The molecule has 0 saturated heterocycles. The molecule has 0 radical (unpaired) electrons. The van der Waals surface area contributed by atoms with Crippen molar-refractivity contribution in [2.75, 3.05) is 5.73 Å².